The van der Waals surface area contributed by atoms with E-state index in [-0.39, 0.29) is 13.0 Å². The van der Waals surface area contributed by atoms with Crippen LogP contribution in [-0.4, -0.2) is 38.2 Å². The van der Waals surface area contributed by atoms with Crippen LogP contribution < -0.4 is 0 Å². The highest BCUT2D eigenvalue weighted by atomic mass is 32.2. The van der Waals surface area contributed by atoms with E-state index in [9.17, 15) is 13.0 Å². The third kappa shape index (κ3) is 4.64. The van der Waals surface area contributed by atoms with Gasteiger partial charge in [-0.25, -0.2) is 0 Å². The summed E-state index contributed by atoms with van der Waals surface area (Å²) < 4.78 is 50.1. The minimum atomic E-state index is -4.43. The molecule has 2 unspecified atom stereocenters. The molecular weight excluding hydrogens is 219 g/mol. The number of rotatable bonds is 6. The molecule has 0 aliphatic heterocycles. The van der Waals surface area contributed by atoms with Gasteiger partial charge in [-0.2, -0.15) is 8.42 Å². The van der Waals surface area contributed by atoms with Gasteiger partial charge in [-0.15, -0.1) is 0 Å². The fourth-order valence-corrected chi connectivity index (χ4v) is 3.02. The van der Waals surface area contributed by atoms with E-state index in [1.54, 1.807) is 0 Å². The second-order valence-electron chi connectivity index (χ2n) is 2.11. The zero-order chi connectivity index (χ0) is 10.5. The maximum atomic E-state index is 11.1. The van der Waals surface area contributed by atoms with E-state index in [2.05, 4.69) is 9.47 Å². The van der Waals surface area contributed by atoms with Crippen LogP contribution in [0, 0.1) is 0 Å². The Kier molecular flexibility index (Phi) is 5.59. The summed E-state index contributed by atoms with van der Waals surface area (Å²) in [6.45, 7) is 1.59. The first-order valence-electron chi connectivity index (χ1n) is 3.44. The van der Waals surface area contributed by atoms with Crippen LogP contribution in [0.2, 0.25) is 0 Å². The molecule has 0 heterocycles. The third-order valence-electron chi connectivity index (χ3n) is 1.06. The Bertz CT molecular complexity index is 260. The van der Waals surface area contributed by atoms with E-state index in [0.717, 1.165) is 0 Å². The lowest BCUT2D eigenvalue weighted by Gasteiger charge is -2.02. The van der Waals surface area contributed by atoms with Crippen molar-refractivity contribution in [2.75, 3.05) is 20.1 Å². The summed E-state index contributed by atoms with van der Waals surface area (Å²) >= 11 is 0. The molecule has 78 valence electrons. The molecule has 0 fully saturated rings. The normalized spacial score (nSPS) is 15.5. The van der Waals surface area contributed by atoms with E-state index >= 15 is 0 Å². The highest BCUT2D eigenvalue weighted by molar-refractivity contribution is 7.92. The Hall–Kier alpha value is -0.0700. The molecule has 0 aliphatic carbocycles. The van der Waals surface area contributed by atoms with Gasteiger partial charge >= 0.3 is 23.1 Å². The Balaban J connectivity index is 4.52. The maximum absolute atomic E-state index is 11.1. The molecule has 0 aromatic heterocycles. The van der Waals surface area contributed by atoms with Crippen molar-refractivity contribution in [1.82, 2.24) is 0 Å². The van der Waals surface area contributed by atoms with E-state index in [4.69, 9.17) is 4.55 Å². The molecule has 0 saturated heterocycles. The SMILES string of the molecule is CCOC([P+](=O)COC)S(=O)(=O)O. The Morgan fingerprint density at radius 2 is 2.08 bits per heavy atom. The van der Waals surface area contributed by atoms with Crippen LogP contribution in [0.5, 0.6) is 0 Å². The van der Waals surface area contributed by atoms with Crippen molar-refractivity contribution in [3.05, 3.63) is 0 Å². The molecule has 0 aromatic carbocycles. The molecule has 0 amide bonds. The molecule has 2 atom stereocenters. The Morgan fingerprint density at radius 1 is 1.54 bits per heavy atom. The minimum absolute atomic E-state index is 0.0508. The average molecular weight is 231 g/mol. The van der Waals surface area contributed by atoms with Crippen LogP contribution in [0.25, 0.3) is 0 Å². The lowest BCUT2D eigenvalue weighted by molar-refractivity contribution is 0.153. The number of hydrogen-bond donors (Lipinski definition) is 1. The lowest BCUT2D eigenvalue weighted by atomic mass is 10.9. The highest BCUT2D eigenvalue weighted by Gasteiger charge is 2.42. The third-order valence-corrected chi connectivity index (χ3v) is 4.34. The fourth-order valence-electron chi connectivity index (χ4n) is 0.648. The lowest BCUT2D eigenvalue weighted by Crippen LogP contribution is -2.21. The van der Waals surface area contributed by atoms with Gasteiger partial charge in [0.05, 0.1) is 0 Å². The van der Waals surface area contributed by atoms with Crippen molar-refractivity contribution in [1.29, 1.82) is 0 Å². The monoisotopic (exact) mass is 231 g/mol. The second kappa shape index (κ2) is 5.62. The van der Waals surface area contributed by atoms with E-state index in [0.29, 0.717) is 0 Å². The Morgan fingerprint density at radius 3 is 2.38 bits per heavy atom. The summed E-state index contributed by atoms with van der Waals surface area (Å²) in [4.78, 5) is 0. The van der Waals surface area contributed by atoms with Crippen molar-refractivity contribution in [3.63, 3.8) is 0 Å². The average Bonchev–Trinajstić information content (AvgIpc) is 1.98. The van der Waals surface area contributed by atoms with Crippen LogP contribution in [0.15, 0.2) is 0 Å². The first kappa shape index (κ1) is 12.9. The van der Waals surface area contributed by atoms with Crippen LogP contribution in [0.3, 0.4) is 0 Å². The topological polar surface area (TPSA) is 89.9 Å². The van der Waals surface area contributed by atoms with Crippen molar-refractivity contribution in [2.45, 2.75) is 12.1 Å². The molecule has 8 heteroatoms. The predicted octanol–water partition coefficient (Wildman–Crippen LogP) is 0.626. The zero-order valence-electron chi connectivity index (χ0n) is 7.34. The molecular formula is C5H12O6PS+. The zero-order valence-corrected chi connectivity index (χ0v) is 9.05. The van der Waals surface area contributed by atoms with Gasteiger partial charge < -0.3 is 9.47 Å². The van der Waals surface area contributed by atoms with Crippen molar-refractivity contribution < 1.29 is 27.0 Å². The van der Waals surface area contributed by atoms with Gasteiger partial charge in [-0.1, -0.05) is 4.57 Å². The Labute approximate surface area is 77.8 Å². The summed E-state index contributed by atoms with van der Waals surface area (Å²) in [5.74, 6) is 0. The van der Waals surface area contributed by atoms with Gasteiger partial charge in [0.1, 0.15) is 0 Å². The molecule has 0 aliphatic rings. The smallest absolute Gasteiger partial charge is 0.341 e. The first-order valence-corrected chi connectivity index (χ1v) is 6.45. The first-order chi connectivity index (χ1) is 5.93. The standard InChI is InChI=1S/C5H11O6PS/c1-3-11-5(13(7,8)9)12(6)4-10-2/h5H,3-4H2,1-2H3/p+1. The summed E-state index contributed by atoms with van der Waals surface area (Å²) in [7, 11) is -5.43. The molecule has 0 spiro atoms. The molecule has 6 nitrogen and oxygen atoms in total. The summed E-state index contributed by atoms with van der Waals surface area (Å²) in [5, 5.41) is -1.69. The van der Waals surface area contributed by atoms with E-state index < -0.39 is 23.1 Å². The predicted molar refractivity (Wildman–Crippen MR) is 46.4 cm³/mol. The highest BCUT2D eigenvalue weighted by Crippen LogP contribution is 2.32. The van der Waals surface area contributed by atoms with Crippen molar-refractivity contribution in [2.24, 2.45) is 0 Å². The molecule has 0 radical (unpaired) electrons. The summed E-state index contributed by atoms with van der Waals surface area (Å²) in [6, 6.07) is 0. The number of methoxy groups -OCH3 is 1. The van der Waals surface area contributed by atoms with Gasteiger partial charge in [0, 0.05) is 13.7 Å². The van der Waals surface area contributed by atoms with E-state index in [1.165, 1.54) is 14.0 Å². The van der Waals surface area contributed by atoms with Crippen molar-refractivity contribution >= 4 is 17.9 Å². The van der Waals surface area contributed by atoms with Gasteiger partial charge in [0.2, 0.25) is 6.35 Å². The van der Waals surface area contributed by atoms with Gasteiger partial charge in [0.25, 0.3) is 0 Å². The van der Waals surface area contributed by atoms with Crippen LogP contribution in [0.4, 0.5) is 0 Å². The maximum Gasteiger partial charge on any atom is 0.418 e. The molecule has 0 aromatic rings. The summed E-state index contributed by atoms with van der Waals surface area (Å²) in [6.07, 6.45) is -0.264. The van der Waals surface area contributed by atoms with Gasteiger partial charge in [0.15, 0.2) is 0 Å². The molecule has 13 heavy (non-hydrogen) atoms. The van der Waals surface area contributed by atoms with Crippen molar-refractivity contribution in [3.8, 4) is 0 Å². The van der Waals surface area contributed by atoms with Gasteiger partial charge in [-0.05, 0) is 6.92 Å². The van der Waals surface area contributed by atoms with Crippen LogP contribution >= 0.6 is 7.80 Å². The molecule has 0 bridgehead atoms. The number of ether oxygens (including phenoxy) is 2. The quantitative estimate of drug-likeness (QED) is 0.532. The molecule has 1 N–H and O–H groups in total. The van der Waals surface area contributed by atoms with E-state index in [1.807, 2.05) is 0 Å². The molecule has 0 saturated carbocycles. The number of hydrogen-bond acceptors (Lipinski definition) is 5. The minimum Gasteiger partial charge on any atom is -0.341 e. The fraction of sp³-hybridized carbons (Fsp3) is 1.00. The second-order valence-corrected chi connectivity index (χ2v) is 5.48. The molecule has 0 rings (SSSR count). The largest absolute Gasteiger partial charge is 0.418 e. The van der Waals surface area contributed by atoms with Crippen LogP contribution in [0.1, 0.15) is 6.92 Å². The van der Waals surface area contributed by atoms with Crippen LogP contribution in [-0.2, 0) is 24.2 Å². The van der Waals surface area contributed by atoms with Gasteiger partial charge in [-0.3, -0.25) is 4.55 Å². The summed E-state index contributed by atoms with van der Waals surface area (Å²) in [5.41, 5.74) is 0.